The van der Waals surface area contributed by atoms with E-state index in [9.17, 15) is 8.42 Å². The molecule has 1 atom stereocenters. The molecule has 0 amide bonds. The zero-order valence-corrected chi connectivity index (χ0v) is 15.7. The van der Waals surface area contributed by atoms with E-state index in [1.807, 2.05) is 11.9 Å². The molecule has 10 heteroatoms. The fraction of sp³-hybridized carbons (Fsp3) is 0.438. The van der Waals surface area contributed by atoms with Crippen molar-refractivity contribution in [2.45, 2.75) is 12.5 Å². The first kappa shape index (κ1) is 18.2. The van der Waals surface area contributed by atoms with Crippen molar-refractivity contribution in [3.63, 3.8) is 0 Å². The minimum Gasteiger partial charge on any atom is -0.497 e. The van der Waals surface area contributed by atoms with E-state index < -0.39 is 9.84 Å². The van der Waals surface area contributed by atoms with Crippen LogP contribution in [0.15, 0.2) is 24.4 Å². The molecule has 1 unspecified atom stereocenters. The second kappa shape index (κ2) is 7.32. The molecule has 1 aliphatic rings. The topological polar surface area (TPSA) is 107 Å². The zero-order valence-electron chi connectivity index (χ0n) is 14.8. The number of methoxy groups -OCH3 is 2. The molecular weight excluding hydrogens is 358 g/mol. The van der Waals surface area contributed by atoms with Gasteiger partial charge in [0, 0.05) is 19.2 Å². The Hall–Kier alpha value is -2.62. The van der Waals surface area contributed by atoms with Crippen LogP contribution in [-0.4, -0.2) is 62.4 Å². The number of aromatic nitrogens is 3. The van der Waals surface area contributed by atoms with Crippen LogP contribution in [0.1, 0.15) is 6.42 Å². The first-order valence-electron chi connectivity index (χ1n) is 8.04. The van der Waals surface area contributed by atoms with Crippen LogP contribution in [0.25, 0.3) is 0 Å². The third-order valence-corrected chi connectivity index (χ3v) is 6.07. The van der Waals surface area contributed by atoms with E-state index in [0.29, 0.717) is 29.4 Å². The number of hydrogen-bond acceptors (Lipinski definition) is 9. The highest BCUT2D eigenvalue weighted by Crippen LogP contribution is 2.31. The Morgan fingerprint density at radius 1 is 1.27 bits per heavy atom. The van der Waals surface area contributed by atoms with E-state index in [1.165, 1.54) is 6.20 Å². The second-order valence-electron chi connectivity index (χ2n) is 6.00. The van der Waals surface area contributed by atoms with E-state index in [2.05, 4.69) is 20.5 Å². The molecule has 0 aliphatic carbocycles. The molecule has 0 bridgehead atoms. The lowest BCUT2D eigenvalue weighted by molar-refractivity contribution is 0.405. The molecule has 2 heterocycles. The molecule has 1 saturated heterocycles. The van der Waals surface area contributed by atoms with Crippen molar-refractivity contribution in [2.75, 3.05) is 43.0 Å². The Balaban J connectivity index is 1.82. The number of nitrogens with one attached hydrogen (secondary N) is 1. The first-order chi connectivity index (χ1) is 12.4. The van der Waals surface area contributed by atoms with Gasteiger partial charge in [0.2, 0.25) is 5.95 Å². The van der Waals surface area contributed by atoms with Gasteiger partial charge in [0.15, 0.2) is 15.7 Å². The van der Waals surface area contributed by atoms with Gasteiger partial charge in [-0.2, -0.15) is 10.1 Å². The number of sulfone groups is 1. The van der Waals surface area contributed by atoms with E-state index in [1.54, 1.807) is 32.4 Å². The van der Waals surface area contributed by atoms with E-state index in [4.69, 9.17) is 9.47 Å². The predicted octanol–water partition coefficient (Wildman–Crippen LogP) is 1.26. The SMILES string of the molecule is COc1ccc(OC)c(Nc2nncc(N(C)C3CCS(=O)(=O)C3)n2)c1. The first-order valence-corrected chi connectivity index (χ1v) is 9.86. The zero-order chi connectivity index (χ0) is 18.7. The van der Waals surface area contributed by atoms with Crippen molar-refractivity contribution in [3.05, 3.63) is 24.4 Å². The minimum absolute atomic E-state index is 0.115. The van der Waals surface area contributed by atoms with Gasteiger partial charge in [-0.3, -0.25) is 0 Å². The fourth-order valence-electron chi connectivity index (χ4n) is 2.82. The average Bonchev–Trinajstić information content (AvgIpc) is 3.01. The molecule has 2 aromatic rings. The molecule has 140 valence electrons. The molecule has 1 aromatic carbocycles. The van der Waals surface area contributed by atoms with Crippen molar-refractivity contribution < 1.29 is 17.9 Å². The summed E-state index contributed by atoms with van der Waals surface area (Å²) in [4.78, 5) is 6.27. The summed E-state index contributed by atoms with van der Waals surface area (Å²) >= 11 is 0. The smallest absolute Gasteiger partial charge is 0.249 e. The van der Waals surface area contributed by atoms with Crippen LogP contribution >= 0.6 is 0 Å². The third-order valence-electron chi connectivity index (χ3n) is 4.32. The Morgan fingerprint density at radius 2 is 2.08 bits per heavy atom. The van der Waals surface area contributed by atoms with Crippen LogP contribution in [0.4, 0.5) is 17.5 Å². The monoisotopic (exact) mass is 379 g/mol. The molecule has 9 nitrogen and oxygen atoms in total. The number of ether oxygens (including phenoxy) is 2. The Morgan fingerprint density at radius 3 is 2.73 bits per heavy atom. The summed E-state index contributed by atoms with van der Waals surface area (Å²) in [6.45, 7) is 0. The van der Waals surface area contributed by atoms with Crippen LogP contribution in [0.5, 0.6) is 11.5 Å². The molecule has 1 N–H and O–H groups in total. The fourth-order valence-corrected chi connectivity index (χ4v) is 4.59. The van der Waals surface area contributed by atoms with Crippen molar-refractivity contribution in [1.29, 1.82) is 0 Å². The van der Waals surface area contributed by atoms with Crippen molar-refractivity contribution in [3.8, 4) is 11.5 Å². The van der Waals surface area contributed by atoms with Gasteiger partial charge in [0.1, 0.15) is 11.5 Å². The van der Waals surface area contributed by atoms with Crippen LogP contribution in [0.2, 0.25) is 0 Å². The third kappa shape index (κ3) is 3.96. The highest BCUT2D eigenvalue weighted by molar-refractivity contribution is 7.91. The highest BCUT2D eigenvalue weighted by Gasteiger charge is 2.31. The molecule has 0 spiro atoms. The van der Waals surface area contributed by atoms with Crippen molar-refractivity contribution in [2.24, 2.45) is 0 Å². The van der Waals surface area contributed by atoms with Crippen LogP contribution < -0.4 is 19.7 Å². The molecule has 0 saturated carbocycles. The van der Waals surface area contributed by atoms with Crippen LogP contribution in [-0.2, 0) is 9.84 Å². The number of benzene rings is 1. The lowest BCUT2D eigenvalue weighted by atomic mass is 10.2. The average molecular weight is 379 g/mol. The molecule has 1 aromatic heterocycles. The maximum Gasteiger partial charge on any atom is 0.249 e. The van der Waals surface area contributed by atoms with E-state index >= 15 is 0 Å². The van der Waals surface area contributed by atoms with E-state index in [-0.39, 0.29) is 23.5 Å². The van der Waals surface area contributed by atoms with Gasteiger partial charge in [-0.05, 0) is 18.6 Å². The highest BCUT2D eigenvalue weighted by atomic mass is 32.2. The number of anilines is 3. The molecule has 0 radical (unpaired) electrons. The maximum atomic E-state index is 11.7. The maximum absolute atomic E-state index is 11.7. The summed E-state index contributed by atoms with van der Waals surface area (Å²) in [5.41, 5.74) is 0.636. The van der Waals surface area contributed by atoms with Crippen LogP contribution in [0.3, 0.4) is 0 Å². The second-order valence-corrected chi connectivity index (χ2v) is 8.23. The van der Waals surface area contributed by atoms with Gasteiger partial charge in [0.05, 0.1) is 37.6 Å². The molecule has 1 aliphatic heterocycles. The van der Waals surface area contributed by atoms with Gasteiger partial charge < -0.3 is 19.7 Å². The number of nitrogens with zero attached hydrogens (tertiary/aromatic N) is 4. The summed E-state index contributed by atoms with van der Waals surface area (Å²) < 4.78 is 34.0. The quantitative estimate of drug-likeness (QED) is 0.793. The number of hydrogen-bond donors (Lipinski definition) is 1. The molecule has 1 fully saturated rings. The van der Waals surface area contributed by atoms with Crippen molar-refractivity contribution in [1.82, 2.24) is 15.2 Å². The molecule has 26 heavy (non-hydrogen) atoms. The normalized spacial score (nSPS) is 18.3. The summed E-state index contributed by atoms with van der Waals surface area (Å²) in [5, 5.41) is 11.0. The van der Waals surface area contributed by atoms with E-state index in [0.717, 1.165) is 0 Å². The van der Waals surface area contributed by atoms with Gasteiger partial charge >= 0.3 is 0 Å². The predicted molar refractivity (Wildman–Crippen MR) is 98.1 cm³/mol. The molecule has 3 rings (SSSR count). The summed E-state index contributed by atoms with van der Waals surface area (Å²) in [5.74, 6) is 2.42. The summed E-state index contributed by atoms with van der Waals surface area (Å²) in [7, 11) is 1.98. The van der Waals surface area contributed by atoms with Gasteiger partial charge in [-0.1, -0.05) is 0 Å². The van der Waals surface area contributed by atoms with Gasteiger partial charge in [-0.25, -0.2) is 8.42 Å². The van der Waals surface area contributed by atoms with Crippen LogP contribution in [0, 0.1) is 0 Å². The Labute approximate surface area is 152 Å². The van der Waals surface area contributed by atoms with Crippen molar-refractivity contribution >= 4 is 27.3 Å². The molecular formula is C16H21N5O4S. The lowest BCUT2D eigenvalue weighted by Crippen LogP contribution is -2.33. The Kier molecular flexibility index (Phi) is 5.12. The standard InChI is InChI=1S/C16H21N5O4S/c1-21(11-6-7-26(22,23)10-11)15-9-17-20-16(19-15)18-13-8-12(24-2)4-5-14(13)25-3/h4-5,8-9,11H,6-7,10H2,1-3H3,(H,18,19,20). The van der Waals surface area contributed by atoms with Gasteiger partial charge in [-0.15, -0.1) is 5.10 Å². The summed E-state index contributed by atoms with van der Waals surface area (Å²) in [6.07, 6.45) is 2.09. The lowest BCUT2D eigenvalue weighted by Gasteiger charge is -2.24. The largest absolute Gasteiger partial charge is 0.497 e. The Bertz CT molecular complexity index is 890. The minimum atomic E-state index is -2.98. The van der Waals surface area contributed by atoms with Gasteiger partial charge in [0.25, 0.3) is 0 Å². The number of rotatable bonds is 6. The summed E-state index contributed by atoms with van der Waals surface area (Å²) in [6, 6.07) is 5.21.